The second-order valence-corrected chi connectivity index (χ2v) is 10.9. The van der Waals surface area contributed by atoms with Crippen LogP contribution in [0, 0.1) is 5.92 Å². The Morgan fingerprint density at radius 2 is 2.09 bits per heavy atom. The number of nitrogens with zero attached hydrogens (tertiary/aromatic N) is 1. The van der Waals surface area contributed by atoms with E-state index in [2.05, 4.69) is 39.5 Å². The highest BCUT2D eigenvalue weighted by atomic mass is 32.1. The van der Waals surface area contributed by atoms with Gasteiger partial charge in [0.1, 0.15) is 23.4 Å². The number of carbonyl (C=O) groups is 1. The number of epoxide rings is 2. The Morgan fingerprint density at radius 1 is 1.34 bits per heavy atom. The molecule has 0 N–H and O–H groups in total. The maximum atomic E-state index is 13.1. The summed E-state index contributed by atoms with van der Waals surface area (Å²) in [7, 11) is 1.71. The molecular formula is C24H39NO6S. The molecule has 4 fully saturated rings. The second kappa shape index (κ2) is 9.45. The summed E-state index contributed by atoms with van der Waals surface area (Å²) in [5.41, 5.74) is 0.584. The highest BCUT2D eigenvalue weighted by molar-refractivity contribution is 7.80. The van der Waals surface area contributed by atoms with Gasteiger partial charge in [0.2, 0.25) is 0 Å². The molecule has 1 aliphatic carbocycles. The lowest BCUT2D eigenvalue weighted by atomic mass is 9.68. The van der Waals surface area contributed by atoms with E-state index in [1.807, 2.05) is 11.8 Å². The van der Waals surface area contributed by atoms with E-state index in [1.54, 1.807) is 7.11 Å². The van der Waals surface area contributed by atoms with Gasteiger partial charge < -0.3 is 28.6 Å². The van der Waals surface area contributed by atoms with Crippen molar-refractivity contribution in [1.82, 2.24) is 4.90 Å². The summed E-state index contributed by atoms with van der Waals surface area (Å²) >= 11 is 4.28. The van der Waals surface area contributed by atoms with Gasteiger partial charge in [-0.1, -0.05) is 11.6 Å². The van der Waals surface area contributed by atoms with Crippen LogP contribution in [0.25, 0.3) is 0 Å². The number of hydrogen-bond acceptors (Lipinski definition) is 7. The van der Waals surface area contributed by atoms with Crippen molar-refractivity contribution in [2.24, 2.45) is 5.92 Å². The van der Waals surface area contributed by atoms with Crippen LogP contribution in [0.3, 0.4) is 0 Å². The number of carbonyl (C=O) groups excluding carboxylic acids is 1. The number of methoxy groups -OCH3 is 1. The minimum Gasteiger partial charge on any atom is -0.443 e. The number of amides is 1. The maximum Gasteiger partial charge on any atom is 0.410 e. The van der Waals surface area contributed by atoms with Crippen molar-refractivity contribution >= 4 is 18.7 Å². The summed E-state index contributed by atoms with van der Waals surface area (Å²) in [6.07, 6.45) is 5.86. The molecule has 1 amide bonds. The van der Waals surface area contributed by atoms with E-state index >= 15 is 0 Å². The molecule has 0 aromatic carbocycles. The quantitative estimate of drug-likeness (QED) is 0.251. The summed E-state index contributed by atoms with van der Waals surface area (Å²) in [6.45, 7) is 10.1. The molecule has 3 heterocycles. The fraction of sp³-hybridized carbons (Fsp3) is 0.875. The second-order valence-electron chi connectivity index (χ2n) is 10.2. The van der Waals surface area contributed by atoms with E-state index in [4.69, 9.17) is 23.7 Å². The Balaban J connectivity index is 1.44. The van der Waals surface area contributed by atoms with E-state index in [9.17, 15) is 4.79 Å². The molecule has 7 nitrogen and oxygen atoms in total. The first kappa shape index (κ1) is 24.3. The molecule has 1 spiro atoms. The Bertz CT molecular complexity index is 721. The Kier molecular flexibility index (Phi) is 7.18. The van der Waals surface area contributed by atoms with Crippen LogP contribution in [0.1, 0.15) is 59.8 Å². The molecule has 4 aliphatic rings. The van der Waals surface area contributed by atoms with Crippen molar-refractivity contribution in [2.75, 3.05) is 26.9 Å². The fourth-order valence-electron chi connectivity index (χ4n) is 5.77. The standard InChI is InChI=1S/C24H39NO6S/c1-15(2)8-9-19-23(4,31-19)21-20(27-5)18(10-11-24(21)14-29-24)30-22(26)25-12-6-7-17(25)13-28-16(3)32/h8,16-21,32H,6-7,9-14H2,1-5H3/t16?,17-,18?,19+,20?,21?,23-,24-/m0/s1. The predicted molar refractivity (Wildman–Crippen MR) is 124 cm³/mol. The van der Waals surface area contributed by atoms with Crippen LogP contribution in [-0.2, 0) is 23.7 Å². The van der Waals surface area contributed by atoms with Gasteiger partial charge in [0.05, 0.1) is 36.7 Å². The van der Waals surface area contributed by atoms with Crippen LogP contribution in [0.5, 0.6) is 0 Å². The van der Waals surface area contributed by atoms with Gasteiger partial charge in [-0.3, -0.25) is 0 Å². The van der Waals surface area contributed by atoms with Gasteiger partial charge in [-0.25, -0.2) is 4.79 Å². The molecule has 0 bridgehead atoms. The van der Waals surface area contributed by atoms with Crippen molar-refractivity contribution in [3.63, 3.8) is 0 Å². The molecule has 8 atom stereocenters. The highest BCUT2D eigenvalue weighted by Gasteiger charge is 2.72. The summed E-state index contributed by atoms with van der Waals surface area (Å²) in [5, 5.41) is 0. The predicted octanol–water partition coefficient (Wildman–Crippen LogP) is 3.96. The zero-order chi connectivity index (χ0) is 23.1. The minimum absolute atomic E-state index is 0.0323. The van der Waals surface area contributed by atoms with Crippen molar-refractivity contribution < 1.29 is 28.5 Å². The van der Waals surface area contributed by atoms with Crippen LogP contribution in [0.15, 0.2) is 11.6 Å². The first-order chi connectivity index (χ1) is 15.2. The van der Waals surface area contributed by atoms with Crippen LogP contribution in [0.2, 0.25) is 0 Å². The number of likely N-dealkylation sites (tertiary alicyclic amines) is 1. The minimum atomic E-state index is -0.332. The van der Waals surface area contributed by atoms with Crippen LogP contribution < -0.4 is 0 Å². The maximum absolute atomic E-state index is 13.1. The number of thiol groups is 1. The normalized spacial score (nSPS) is 41.4. The number of hydrogen-bond donors (Lipinski definition) is 1. The molecule has 0 radical (unpaired) electrons. The lowest BCUT2D eigenvalue weighted by Crippen LogP contribution is -2.56. The van der Waals surface area contributed by atoms with Crippen LogP contribution in [0.4, 0.5) is 4.79 Å². The molecule has 0 aromatic heterocycles. The largest absolute Gasteiger partial charge is 0.443 e. The first-order valence-corrected chi connectivity index (χ1v) is 12.5. The lowest BCUT2D eigenvalue weighted by molar-refractivity contribution is -0.122. The molecule has 3 saturated heterocycles. The number of ether oxygens (including phenoxy) is 5. The van der Waals surface area contributed by atoms with E-state index < -0.39 is 0 Å². The molecular weight excluding hydrogens is 430 g/mol. The molecule has 8 heteroatoms. The molecule has 4 rings (SSSR count). The molecule has 3 aliphatic heterocycles. The monoisotopic (exact) mass is 469 g/mol. The zero-order valence-electron chi connectivity index (χ0n) is 20.0. The third-order valence-corrected chi connectivity index (χ3v) is 7.78. The zero-order valence-corrected chi connectivity index (χ0v) is 20.9. The topological polar surface area (TPSA) is 73.1 Å². The van der Waals surface area contributed by atoms with Gasteiger partial charge >= 0.3 is 6.09 Å². The van der Waals surface area contributed by atoms with E-state index in [0.29, 0.717) is 13.2 Å². The van der Waals surface area contributed by atoms with Gasteiger partial charge in [0, 0.05) is 13.7 Å². The van der Waals surface area contributed by atoms with E-state index in [-0.39, 0.29) is 53.0 Å². The summed E-state index contributed by atoms with van der Waals surface area (Å²) in [6, 6.07) is 0.0355. The SMILES string of the molecule is COC1C(OC(=O)N2CCC[C@H]2COC(C)S)CC[C@]2(CO2)C1[C@@]1(C)O[C@@H]1CC=C(C)C. The van der Waals surface area contributed by atoms with Crippen LogP contribution >= 0.6 is 12.6 Å². The summed E-state index contributed by atoms with van der Waals surface area (Å²) in [5.74, 6) is 0.0323. The molecule has 182 valence electrons. The molecule has 1 saturated carbocycles. The van der Waals surface area contributed by atoms with Gasteiger partial charge in [0.15, 0.2) is 0 Å². The highest BCUT2D eigenvalue weighted by Crippen LogP contribution is 2.59. The summed E-state index contributed by atoms with van der Waals surface area (Å²) in [4.78, 5) is 14.9. The van der Waals surface area contributed by atoms with Crippen LogP contribution in [-0.4, -0.2) is 78.9 Å². The van der Waals surface area contributed by atoms with Gasteiger partial charge in [-0.05, 0) is 59.8 Å². The third-order valence-electron chi connectivity index (χ3n) is 7.63. The number of rotatable bonds is 8. The first-order valence-electron chi connectivity index (χ1n) is 11.9. The number of allylic oxidation sites excluding steroid dienone is 1. The Labute approximate surface area is 197 Å². The molecule has 4 unspecified atom stereocenters. The van der Waals surface area contributed by atoms with E-state index in [1.165, 1.54) is 5.57 Å². The lowest BCUT2D eigenvalue weighted by Gasteiger charge is -2.43. The van der Waals surface area contributed by atoms with Crippen molar-refractivity contribution in [3.05, 3.63) is 11.6 Å². The average molecular weight is 470 g/mol. The van der Waals surface area contributed by atoms with Gasteiger partial charge in [0.25, 0.3) is 0 Å². The fourth-order valence-corrected chi connectivity index (χ4v) is 5.85. The van der Waals surface area contributed by atoms with Crippen molar-refractivity contribution in [2.45, 2.75) is 101 Å². The average Bonchev–Trinajstić information content (AvgIpc) is 3.59. The van der Waals surface area contributed by atoms with Crippen molar-refractivity contribution in [1.29, 1.82) is 0 Å². The smallest absolute Gasteiger partial charge is 0.410 e. The summed E-state index contributed by atoms with van der Waals surface area (Å²) < 4.78 is 30.0. The third kappa shape index (κ3) is 4.85. The Hall–Kier alpha value is -0.800. The molecule has 32 heavy (non-hydrogen) atoms. The van der Waals surface area contributed by atoms with Gasteiger partial charge in [-0.15, -0.1) is 12.6 Å². The molecule has 0 aromatic rings. The van der Waals surface area contributed by atoms with Crippen molar-refractivity contribution in [3.8, 4) is 0 Å². The van der Waals surface area contributed by atoms with Gasteiger partial charge in [-0.2, -0.15) is 0 Å². The van der Waals surface area contributed by atoms with E-state index in [0.717, 1.165) is 38.7 Å². The Morgan fingerprint density at radius 3 is 2.72 bits per heavy atom.